The minimum Gasteiger partial charge on any atom is -0.355 e. The third kappa shape index (κ3) is 2.27. The Morgan fingerprint density at radius 1 is 1.50 bits per heavy atom. The molecule has 1 fully saturated rings. The lowest BCUT2D eigenvalue weighted by Gasteiger charge is -2.51. The van der Waals surface area contributed by atoms with E-state index in [0.29, 0.717) is 6.10 Å². The van der Waals surface area contributed by atoms with Crippen LogP contribution in [0.2, 0.25) is 0 Å². The Hall–Kier alpha value is -0.120. The highest BCUT2D eigenvalue weighted by molar-refractivity contribution is 4.89. The Bertz CT molecular complexity index is 200. The number of hydrazine groups is 1. The SMILES string of the molecule is CCN1CC(C)OC(C)(C(C)(C)C)N1. The van der Waals surface area contributed by atoms with Gasteiger partial charge in [-0.1, -0.05) is 27.7 Å². The summed E-state index contributed by atoms with van der Waals surface area (Å²) in [6, 6.07) is 0. The van der Waals surface area contributed by atoms with Gasteiger partial charge in [-0.05, 0) is 13.8 Å². The van der Waals surface area contributed by atoms with Crippen molar-refractivity contribution in [3.8, 4) is 0 Å². The number of nitrogens with one attached hydrogen (secondary N) is 1. The summed E-state index contributed by atoms with van der Waals surface area (Å²) in [6.45, 7) is 15.0. The zero-order chi connectivity index (χ0) is 11.0. The van der Waals surface area contributed by atoms with Gasteiger partial charge in [-0.2, -0.15) is 0 Å². The van der Waals surface area contributed by atoms with Gasteiger partial charge in [-0.15, -0.1) is 0 Å². The lowest BCUT2D eigenvalue weighted by Crippen LogP contribution is -2.67. The van der Waals surface area contributed by atoms with Crippen LogP contribution in [-0.2, 0) is 4.74 Å². The van der Waals surface area contributed by atoms with E-state index in [2.05, 4.69) is 52.0 Å². The van der Waals surface area contributed by atoms with E-state index in [9.17, 15) is 0 Å². The summed E-state index contributed by atoms with van der Waals surface area (Å²) in [5, 5.41) is 2.24. The lowest BCUT2D eigenvalue weighted by molar-refractivity contribution is -0.230. The third-order valence-corrected chi connectivity index (χ3v) is 3.10. The molecule has 0 aliphatic carbocycles. The van der Waals surface area contributed by atoms with Gasteiger partial charge in [0.15, 0.2) is 0 Å². The Balaban J connectivity index is 2.78. The maximum Gasteiger partial charge on any atom is 0.134 e. The van der Waals surface area contributed by atoms with Crippen molar-refractivity contribution in [2.24, 2.45) is 5.41 Å². The predicted octanol–water partition coefficient (Wildman–Crippen LogP) is 1.99. The molecule has 0 aromatic carbocycles. The van der Waals surface area contributed by atoms with Gasteiger partial charge in [0.2, 0.25) is 0 Å². The molecular weight excluding hydrogens is 176 g/mol. The highest BCUT2D eigenvalue weighted by Gasteiger charge is 2.43. The average Bonchev–Trinajstić information content (AvgIpc) is 2.00. The monoisotopic (exact) mass is 200 g/mol. The highest BCUT2D eigenvalue weighted by atomic mass is 16.5. The number of nitrogens with zero attached hydrogens (tertiary/aromatic N) is 1. The van der Waals surface area contributed by atoms with Crippen LogP contribution in [0, 0.1) is 5.41 Å². The van der Waals surface area contributed by atoms with E-state index < -0.39 is 0 Å². The molecule has 0 aromatic rings. The molecule has 84 valence electrons. The van der Waals surface area contributed by atoms with Crippen LogP contribution in [0.4, 0.5) is 0 Å². The number of hydrogen-bond acceptors (Lipinski definition) is 3. The molecule has 0 aromatic heterocycles. The van der Waals surface area contributed by atoms with Crippen LogP contribution in [0.3, 0.4) is 0 Å². The van der Waals surface area contributed by atoms with Crippen LogP contribution >= 0.6 is 0 Å². The summed E-state index contributed by atoms with van der Waals surface area (Å²) >= 11 is 0. The predicted molar refractivity (Wildman–Crippen MR) is 58.8 cm³/mol. The average molecular weight is 200 g/mol. The summed E-state index contributed by atoms with van der Waals surface area (Å²) in [5.41, 5.74) is 3.29. The number of hydrogen-bond donors (Lipinski definition) is 1. The van der Waals surface area contributed by atoms with Gasteiger partial charge in [0.05, 0.1) is 6.10 Å². The van der Waals surface area contributed by atoms with Crippen molar-refractivity contribution in [3.05, 3.63) is 0 Å². The lowest BCUT2D eigenvalue weighted by atomic mass is 9.84. The molecular formula is C11H24N2O. The van der Waals surface area contributed by atoms with Gasteiger partial charge in [0.1, 0.15) is 5.72 Å². The minimum absolute atomic E-state index is 0.0924. The molecule has 1 rings (SSSR count). The number of likely N-dealkylation sites (N-methyl/N-ethyl adjacent to an activating group) is 1. The third-order valence-electron chi connectivity index (χ3n) is 3.10. The minimum atomic E-state index is -0.263. The first-order chi connectivity index (χ1) is 6.28. The molecule has 14 heavy (non-hydrogen) atoms. The van der Waals surface area contributed by atoms with Gasteiger partial charge >= 0.3 is 0 Å². The van der Waals surface area contributed by atoms with Crippen LogP contribution in [0.25, 0.3) is 0 Å². The van der Waals surface area contributed by atoms with Gasteiger partial charge in [-0.3, -0.25) is 0 Å². The Morgan fingerprint density at radius 3 is 2.50 bits per heavy atom. The van der Waals surface area contributed by atoms with E-state index in [0.717, 1.165) is 13.1 Å². The van der Waals surface area contributed by atoms with Crippen LogP contribution in [0.1, 0.15) is 41.5 Å². The molecule has 0 spiro atoms. The fraction of sp³-hybridized carbons (Fsp3) is 1.00. The Morgan fingerprint density at radius 2 is 2.07 bits per heavy atom. The van der Waals surface area contributed by atoms with Crippen molar-refractivity contribution in [1.29, 1.82) is 0 Å². The summed E-state index contributed by atoms with van der Waals surface area (Å²) in [6.07, 6.45) is 0.292. The normalized spacial score (nSPS) is 36.0. The molecule has 1 aliphatic heterocycles. The van der Waals surface area contributed by atoms with Gasteiger partial charge < -0.3 is 4.74 Å². The molecule has 0 radical (unpaired) electrons. The van der Waals surface area contributed by atoms with Gasteiger partial charge in [-0.25, -0.2) is 10.4 Å². The molecule has 2 unspecified atom stereocenters. The fourth-order valence-electron chi connectivity index (χ4n) is 1.68. The molecule has 1 aliphatic rings. The van der Waals surface area contributed by atoms with E-state index in [1.807, 2.05) is 0 Å². The molecule has 1 saturated heterocycles. The molecule has 1 N–H and O–H groups in total. The van der Waals surface area contributed by atoms with Crippen LogP contribution in [0.15, 0.2) is 0 Å². The highest BCUT2D eigenvalue weighted by Crippen LogP contribution is 2.34. The first-order valence-corrected chi connectivity index (χ1v) is 5.49. The van der Waals surface area contributed by atoms with Crippen molar-refractivity contribution < 1.29 is 4.74 Å². The summed E-state index contributed by atoms with van der Waals surface area (Å²) in [5.74, 6) is 0. The second kappa shape index (κ2) is 3.80. The maximum atomic E-state index is 6.02. The van der Waals surface area contributed by atoms with E-state index in [1.165, 1.54) is 0 Å². The smallest absolute Gasteiger partial charge is 0.134 e. The maximum absolute atomic E-state index is 6.02. The first-order valence-electron chi connectivity index (χ1n) is 5.49. The largest absolute Gasteiger partial charge is 0.355 e. The van der Waals surface area contributed by atoms with Crippen molar-refractivity contribution in [1.82, 2.24) is 10.4 Å². The second-order valence-electron chi connectivity index (χ2n) is 5.36. The summed E-state index contributed by atoms with van der Waals surface area (Å²) < 4.78 is 6.02. The molecule has 2 atom stereocenters. The number of rotatable bonds is 1. The molecule has 0 bridgehead atoms. The van der Waals surface area contributed by atoms with Crippen molar-refractivity contribution in [2.45, 2.75) is 53.4 Å². The van der Waals surface area contributed by atoms with Crippen molar-refractivity contribution >= 4 is 0 Å². The van der Waals surface area contributed by atoms with Gasteiger partial charge in [0.25, 0.3) is 0 Å². The quantitative estimate of drug-likeness (QED) is 0.700. The number of ether oxygens (including phenoxy) is 1. The van der Waals surface area contributed by atoms with Crippen LogP contribution in [-0.4, -0.2) is 29.9 Å². The Labute approximate surface area is 87.8 Å². The standard InChI is InChI=1S/C11H24N2O/c1-7-13-8-9(2)14-11(6,12-13)10(3,4)5/h9,12H,7-8H2,1-6H3. The summed E-state index contributed by atoms with van der Waals surface area (Å²) in [4.78, 5) is 0. The van der Waals surface area contributed by atoms with Gasteiger partial charge in [0, 0.05) is 18.5 Å². The van der Waals surface area contributed by atoms with Crippen molar-refractivity contribution in [3.63, 3.8) is 0 Å². The molecule has 3 nitrogen and oxygen atoms in total. The van der Waals surface area contributed by atoms with E-state index >= 15 is 0 Å². The molecule has 0 amide bonds. The Kier molecular flexibility index (Phi) is 3.24. The topological polar surface area (TPSA) is 24.5 Å². The zero-order valence-electron chi connectivity index (χ0n) is 10.3. The van der Waals surface area contributed by atoms with E-state index in [4.69, 9.17) is 4.74 Å². The van der Waals surface area contributed by atoms with E-state index in [1.54, 1.807) is 0 Å². The van der Waals surface area contributed by atoms with Crippen LogP contribution < -0.4 is 5.43 Å². The first kappa shape index (κ1) is 12.0. The molecule has 3 heteroatoms. The van der Waals surface area contributed by atoms with Crippen molar-refractivity contribution in [2.75, 3.05) is 13.1 Å². The second-order valence-corrected chi connectivity index (χ2v) is 5.36. The summed E-state index contributed by atoms with van der Waals surface area (Å²) in [7, 11) is 0. The zero-order valence-corrected chi connectivity index (χ0v) is 10.3. The fourth-order valence-corrected chi connectivity index (χ4v) is 1.68. The van der Waals surface area contributed by atoms with E-state index in [-0.39, 0.29) is 11.1 Å². The molecule has 0 saturated carbocycles. The molecule has 1 heterocycles. The van der Waals surface area contributed by atoms with Crippen LogP contribution in [0.5, 0.6) is 0 Å².